The van der Waals surface area contributed by atoms with Crippen LogP contribution in [0.25, 0.3) is 0 Å². The summed E-state index contributed by atoms with van der Waals surface area (Å²) in [5, 5.41) is 10.2. The average molecular weight is 226 g/mol. The number of aliphatic hydroxyl groups excluding tert-OH is 1. The molecule has 0 saturated heterocycles. The summed E-state index contributed by atoms with van der Waals surface area (Å²) in [5.41, 5.74) is 0. The summed E-state index contributed by atoms with van der Waals surface area (Å²) in [7, 11) is 0. The highest BCUT2D eigenvalue weighted by Crippen LogP contribution is 2.27. The second kappa shape index (κ2) is 8.11. The van der Waals surface area contributed by atoms with E-state index in [-0.39, 0.29) is 6.10 Å². The Hall–Kier alpha value is -0.0400. The Bertz CT molecular complexity index is 157. The smallest absolute Gasteiger partial charge is 0.0568 e. The lowest BCUT2D eigenvalue weighted by Gasteiger charge is -2.25. The maximum atomic E-state index is 10.2. The van der Waals surface area contributed by atoms with E-state index in [4.69, 9.17) is 0 Å². The topological polar surface area (TPSA) is 20.2 Å². The van der Waals surface area contributed by atoms with E-state index in [0.29, 0.717) is 5.92 Å². The van der Waals surface area contributed by atoms with E-state index in [2.05, 4.69) is 13.8 Å². The maximum absolute atomic E-state index is 10.2. The van der Waals surface area contributed by atoms with E-state index >= 15 is 0 Å². The summed E-state index contributed by atoms with van der Waals surface area (Å²) in [5.74, 6) is 1.39. The monoisotopic (exact) mass is 226 g/mol. The van der Waals surface area contributed by atoms with Gasteiger partial charge in [-0.15, -0.1) is 0 Å². The third-order valence-electron chi connectivity index (χ3n) is 3.98. The van der Waals surface area contributed by atoms with E-state index in [0.717, 1.165) is 12.3 Å². The number of hydrogen-bond donors (Lipinski definition) is 1. The zero-order valence-corrected chi connectivity index (χ0v) is 11.3. The maximum Gasteiger partial charge on any atom is 0.0568 e. The zero-order valence-electron chi connectivity index (χ0n) is 11.3. The summed E-state index contributed by atoms with van der Waals surface area (Å²) in [6, 6.07) is 0. The molecule has 1 rings (SSSR count). The quantitative estimate of drug-likeness (QED) is 0.730. The number of rotatable bonds is 5. The molecule has 0 spiro atoms. The molecule has 96 valence electrons. The van der Waals surface area contributed by atoms with Crippen molar-refractivity contribution in [3.8, 4) is 0 Å². The van der Waals surface area contributed by atoms with Crippen LogP contribution in [0.3, 0.4) is 0 Å². The second-order valence-electron chi connectivity index (χ2n) is 6.00. The normalized spacial score (nSPS) is 21.8. The van der Waals surface area contributed by atoms with Crippen LogP contribution in [0.4, 0.5) is 0 Å². The van der Waals surface area contributed by atoms with Crippen molar-refractivity contribution in [2.45, 2.75) is 84.2 Å². The van der Waals surface area contributed by atoms with Crippen molar-refractivity contribution in [3.63, 3.8) is 0 Å². The van der Waals surface area contributed by atoms with Crippen molar-refractivity contribution in [1.82, 2.24) is 0 Å². The van der Waals surface area contributed by atoms with Crippen LogP contribution in [0.2, 0.25) is 0 Å². The third-order valence-corrected chi connectivity index (χ3v) is 3.98. The van der Waals surface area contributed by atoms with Crippen LogP contribution in [0.15, 0.2) is 0 Å². The minimum absolute atomic E-state index is 0.0168. The fourth-order valence-electron chi connectivity index (χ4n) is 2.84. The minimum Gasteiger partial charge on any atom is -0.393 e. The van der Waals surface area contributed by atoms with Crippen LogP contribution in [0, 0.1) is 11.8 Å². The zero-order chi connectivity index (χ0) is 11.8. The lowest BCUT2D eigenvalue weighted by atomic mass is 9.85. The molecule has 0 aliphatic heterocycles. The summed E-state index contributed by atoms with van der Waals surface area (Å²) >= 11 is 0. The van der Waals surface area contributed by atoms with Crippen molar-refractivity contribution in [2.24, 2.45) is 11.8 Å². The number of aliphatic hydroxyl groups is 1. The fraction of sp³-hybridized carbons (Fsp3) is 1.00. The largest absolute Gasteiger partial charge is 0.393 e. The predicted molar refractivity (Wildman–Crippen MR) is 70.5 cm³/mol. The Kier molecular flexibility index (Phi) is 7.11. The summed E-state index contributed by atoms with van der Waals surface area (Å²) in [6.45, 7) is 4.53. The molecule has 16 heavy (non-hydrogen) atoms. The van der Waals surface area contributed by atoms with Crippen molar-refractivity contribution < 1.29 is 5.11 Å². The van der Waals surface area contributed by atoms with Gasteiger partial charge in [-0.05, 0) is 31.1 Å². The van der Waals surface area contributed by atoms with Gasteiger partial charge in [-0.1, -0.05) is 58.8 Å². The average Bonchev–Trinajstić information content (AvgIpc) is 2.15. The summed E-state index contributed by atoms with van der Waals surface area (Å²) in [4.78, 5) is 0. The van der Waals surface area contributed by atoms with Gasteiger partial charge in [0.15, 0.2) is 0 Å². The van der Waals surface area contributed by atoms with Gasteiger partial charge in [0.05, 0.1) is 6.10 Å². The Morgan fingerprint density at radius 3 is 2.06 bits per heavy atom. The van der Waals surface area contributed by atoms with Crippen molar-refractivity contribution in [1.29, 1.82) is 0 Å². The SMILES string of the molecule is CC(C)CCCC(O)C1CCCCCCC1. The lowest BCUT2D eigenvalue weighted by Crippen LogP contribution is -2.21. The Morgan fingerprint density at radius 1 is 0.938 bits per heavy atom. The van der Waals surface area contributed by atoms with E-state index in [1.165, 1.54) is 57.8 Å². The molecule has 1 nitrogen and oxygen atoms in total. The van der Waals surface area contributed by atoms with Crippen molar-refractivity contribution in [3.05, 3.63) is 0 Å². The molecular formula is C15H30O. The van der Waals surface area contributed by atoms with Crippen LogP contribution in [0.5, 0.6) is 0 Å². The molecular weight excluding hydrogens is 196 g/mol. The highest BCUT2D eigenvalue weighted by Gasteiger charge is 2.19. The molecule has 0 radical (unpaired) electrons. The van der Waals surface area contributed by atoms with E-state index in [9.17, 15) is 5.11 Å². The van der Waals surface area contributed by atoms with Gasteiger partial charge in [-0.3, -0.25) is 0 Å². The van der Waals surface area contributed by atoms with Crippen molar-refractivity contribution >= 4 is 0 Å². The molecule has 1 N–H and O–H groups in total. The van der Waals surface area contributed by atoms with Gasteiger partial charge in [0, 0.05) is 0 Å². The van der Waals surface area contributed by atoms with Gasteiger partial charge in [0.25, 0.3) is 0 Å². The molecule has 0 heterocycles. The molecule has 0 aromatic carbocycles. The van der Waals surface area contributed by atoms with E-state index in [1.54, 1.807) is 0 Å². The Labute approximate surface area is 102 Å². The third kappa shape index (κ3) is 5.89. The Morgan fingerprint density at radius 2 is 1.50 bits per heavy atom. The summed E-state index contributed by atoms with van der Waals surface area (Å²) < 4.78 is 0. The molecule has 1 fully saturated rings. The van der Waals surface area contributed by atoms with Gasteiger partial charge < -0.3 is 5.11 Å². The van der Waals surface area contributed by atoms with E-state index < -0.39 is 0 Å². The highest BCUT2D eigenvalue weighted by atomic mass is 16.3. The van der Waals surface area contributed by atoms with Gasteiger partial charge >= 0.3 is 0 Å². The molecule has 0 aromatic rings. The van der Waals surface area contributed by atoms with Gasteiger partial charge in [-0.25, -0.2) is 0 Å². The van der Waals surface area contributed by atoms with E-state index in [1.807, 2.05) is 0 Å². The molecule has 1 saturated carbocycles. The number of hydrogen-bond acceptors (Lipinski definition) is 1. The first-order valence-electron chi connectivity index (χ1n) is 7.38. The molecule has 1 aliphatic carbocycles. The summed E-state index contributed by atoms with van der Waals surface area (Å²) in [6.07, 6.45) is 12.9. The van der Waals surface area contributed by atoms with Gasteiger partial charge in [0.1, 0.15) is 0 Å². The molecule has 0 amide bonds. The lowest BCUT2D eigenvalue weighted by molar-refractivity contribution is 0.0800. The highest BCUT2D eigenvalue weighted by molar-refractivity contribution is 4.71. The molecule has 0 bridgehead atoms. The van der Waals surface area contributed by atoms with Crippen LogP contribution in [0.1, 0.15) is 78.1 Å². The molecule has 1 heteroatoms. The molecule has 1 unspecified atom stereocenters. The standard InChI is InChI=1S/C15H30O/c1-13(2)9-8-12-15(16)14-10-6-4-3-5-7-11-14/h13-16H,3-12H2,1-2H3. The minimum atomic E-state index is -0.0168. The molecule has 1 aliphatic rings. The van der Waals surface area contributed by atoms with Crippen molar-refractivity contribution in [2.75, 3.05) is 0 Å². The first kappa shape index (κ1) is 14.0. The van der Waals surface area contributed by atoms with Crippen LogP contribution < -0.4 is 0 Å². The second-order valence-corrected chi connectivity index (χ2v) is 6.00. The van der Waals surface area contributed by atoms with Gasteiger partial charge in [0.2, 0.25) is 0 Å². The Balaban J connectivity index is 2.19. The first-order valence-corrected chi connectivity index (χ1v) is 7.38. The fourth-order valence-corrected chi connectivity index (χ4v) is 2.84. The van der Waals surface area contributed by atoms with Crippen LogP contribution in [-0.2, 0) is 0 Å². The van der Waals surface area contributed by atoms with Crippen LogP contribution >= 0.6 is 0 Å². The molecule has 0 aromatic heterocycles. The first-order chi connectivity index (χ1) is 7.70. The van der Waals surface area contributed by atoms with Gasteiger partial charge in [-0.2, -0.15) is 0 Å². The van der Waals surface area contributed by atoms with Crippen LogP contribution in [-0.4, -0.2) is 11.2 Å². The predicted octanol–water partition coefficient (Wildman–Crippen LogP) is 4.53. The molecule has 1 atom stereocenters.